The molecule has 0 saturated carbocycles. The second-order valence-corrected chi connectivity index (χ2v) is 7.85. The zero-order valence-corrected chi connectivity index (χ0v) is 19.0. The summed E-state index contributed by atoms with van der Waals surface area (Å²) in [7, 11) is 0. The highest BCUT2D eigenvalue weighted by molar-refractivity contribution is 5.98. The molecular weight excluding hydrogens is 416 g/mol. The Morgan fingerprint density at radius 2 is 1.79 bits per heavy atom. The van der Waals surface area contributed by atoms with Gasteiger partial charge < -0.3 is 21.1 Å². The number of nitrogens with one attached hydrogen (secondary N) is 1. The second kappa shape index (κ2) is 11.2. The standard InChI is InChI=1S/C26H30N4O3/c1-3-5-23-24(13-12-22(17(2)31)25(23)32)33-16-19-10-8-18(9-11-19)14-20-6-4-7-21(15-20)26(29-27)30-28/h4,6-13,15,32H,3,5,14,16,27-28H2,1-2H3,(H,29,30). The Morgan fingerprint density at radius 3 is 2.42 bits per heavy atom. The Kier molecular flexibility index (Phi) is 8.05. The number of hydrogen-bond donors (Lipinski definition) is 4. The van der Waals surface area contributed by atoms with Gasteiger partial charge >= 0.3 is 0 Å². The van der Waals surface area contributed by atoms with E-state index in [2.05, 4.69) is 22.7 Å². The van der Waals surface area contributed by atoms with Crippen LogP contribution < -0.4 is 21.8 Å². The molecule has 0 amide bonds. The number of phenolic OH excluding ortho intramolecular Hbond substituents is 1. The maximum atomic E-state index is 11.7. The van der Waals surface area contributed by atoms with E-state index in [0.29, 0.717) is 35.7 Å². The predicted molar refractivity (Wildman–Crippen MR) is 130 cm³/mol. The van der Waals surface area contributed by atoms with Gasteiger partial charge in [-0.25, -0.2) is 5.84 Å². The molecule has 0 aromatic heterocycles. The van der Waals surface area contributed by atoms with Crippen LogP contribution in [0, 0.1) is 0 Å². The highest BCUT2D eigenvalue weighted by atomic mass is 16.5. The minimum Gasteiger partial charge on any atom is -0.507 e. The molecule has 0 aliphatic heterocycles. The van der Waals surface area contributed by atoms with Crippen molar-refractivity contribution in [3.05, 3.63) is 94.0 Å². The third kappa shape index (κ3) is 5.90. The number of hydrazone groups is 1. The van der Waals surface area contributed by atoms with Crippen molar-refractivity contribution in [3.63, 3.8) is 0 Å². The first-order valence-electron chi connectivity index (χ1n) is 10.9. The number of carbonyl (C=O) groups is 1. The van der Waals surface area contributed by atoms with E-state index < -0.39 is 0 Å². The Bertz CT molecular complexity index is 1140. The molecule has 7 nitrogen and oxygen atoms in total. The van der Waals surface area contributed by atoms with Crippen LogP contribution in [0.25, 0.3) is 0 Å². The van der Waals surface area contributed by atoms with Crippen LogP contribution in [0.2, 0.25) is 0 Å². The van der Waals surface area contributed by atoms with Crippen LogP contribution >= 0.6 is 0 Å². The maximum absolute atomic E-state index is 11.7. The molecule has 0 heterocycles. The second-order valence-electron chi connectivity index (χ2n) is 7.85. The lowest BCUT2D eigenvalue weighted by molar-refractivity contribution is 0.101. The highest BCUT2D eigenvalue weighted by Gasteiger charge is 2.16. The van der Waals surface area contributed by atoms with E-state index in [1.807, 2.05) is 43.3 Å². The first-order chi connectivity index (χ1) is 16.0. The molecule has 0 fully saturated rings. The van der Waals surface area contributed by atoms with Crippen LogP contribution in [-0.4, -0.2) is 16.7 Å². The SMILES string of the molecule is CCCc1c(OCc2ccc(Cc3cccc(C(=NN)NN)c3)cc2)ccc(C(C)=O)c1O. The van der Waals surface area contributed by atoms with Gasteiger partial charge in [0.05, 0.1) is 5.56 Å². The molecule has 0 unspecified atom stereocenters. The molecule has 172 valence electrons. The zero-order chi connectivity index (χ0) is 23.8. The summed E-state index contributed by atoms with van der Waals surface area (Å²) in [6.45, 7) is 3.83. The largest absolute Gasteiger partial charge is 0.507 e. The monoisotopic (exact) mass is 446 g/mol. The van der Waals surface area contributed by atoms with Crippen molar-refractivity contribution >= 4 is 11.6 Å². The van der Waals surface area contributed by atoms with Gasteiger partial charge in [-0.05, 0) is 54.7 Å². The molecule has 0 aliphatic carbocycles. The molecule has 7 heteroatoms. The van der Waals surface area contributed by atoms with Gasteiger partial charge in [0, 0.05) is 11.1 Å². The van der Waals surface area contributed by atoms with Crippen molar-refractivity contribution in [2.24, 2.45) is 16.8 Å². The van der Waals surface area contributed by atoms with Gasteiger partial charge in [0.2, 0.25) is 0 Å². The van der Waals surface area contributed by atoms with E-state index in [9.17, 15) is 9.90 Å². The molecule has 3 rings (SSSR count). The molecule has 33 heavy (non-hydrogen) atoms. The van der Waals surface area contributed by atoms with E-state index in [4.69, 9.17) is 16.4 Å². The minimum absolute atomic E-state index is 0.0205. The van der Waals surface area contributed by atoms with E-state index >= 15 is 0 Å². The lowest BCUT2D eigenvalue weighted by Gasteiger charge is -2.15. The molecule has 0 saturated heterocycles. The highest BCUT2D eigenvalue weighted by Crippen LogP contribution is 2.33. The summed E-state index contributed by atoms with van der Waals surface area (Å²) in [5.74, 6) is 11.7. The maximum Gasteiger partial charge on any atom is 0.166 e. The molecule has 3 aromatic rings. The fourth-order valence-electron chi connectivity index (χ4n) is 3.70. The van der Waals surface area contributed by atoms with Crippen LogP contribution in [0.4, 0.5) is 0 Å². The Labute approximate surface area is 194 Å². The van der Waals surface area contributed by atoms with E-state index in [1.54, 1.807) is 12.1 Å². The van der Waals surface area contributed by atoms with Crippen molar-refractivity contribution in [1.82, 2.24) is 5.43 Å². The van der Waals surface area contributed by atoms with E-state index in [-0.39, 0.29) is 11.5 Å². The normalized spacial score (nSPS) is 11.3. The molecule has 0 atom stereocenters. The number of hydrazine groups is 1. The summed E-state index contributed by atoms with van der Waals surface area (Å²) in [6, 6.07) is 19.4. The molecular formula is C26H30N4O3. The van der Waals surface area contributed by atoms with Gasteiger partial charge in [0.15, 0.2) is 11.6 Å². The summed E-state index contributed by atoms with van der Waals surface area (Å²) >= 11 is 0. The predicted octanol–water partition coefficient (Wildman–Crippen LogP) is 3.80. The number of nitrogens with two attached hydrogens (primary N) is 2. The van der Waals surface area contributed by atoms with Crippen LogP contribution in [0.5, 0.6) is 11.5 Å². The Morgan fingerprint density at radius 1 is 1.06 bits per heavy atom. The smallest absolute Gasteiger partial charge is 0.166 e. The molecule has 6 N–H and O–H groups in total. The van der Waals surface area contributed by atoms with Crippen LogP contribution in [0.3, 0.4) is 0 Å². The van der Waals surface area contributed by atoms with Gasteiger partial charge in [-0.2, -0.15) is 5.10 Å². The van der Waals surface area contributed by atoms with Crippen molar-refractivity contribution in [3.8, 4) is 11.5 Å². The number of hydrogen-bond acceptors (Lipinski definition) is 6. The molecule has 0 spiro atoms. The molecule has 0 radical (unpaired) electrons. The quantitative estimate of drug-likeness (QED) is 0.130. The Hall–Kier alpha value is -3.84. The number of ether oxygens (including phenoxy) is 1. The van der Waals surface area contributed by atoms with Gasteiger partial charge in [-0.15, -0.1) is 0 Å². The van der Waals surface area contributed by atoms with E-state index in [1.165, 1.54) is 6.92 Å². The molecule has 3 aromatic carbocycles. The van der Waals surface area contributed by atoms with Gasteiger partial charge in [-0.3, -0.25) is 4.79 Å². The number of rotatable bonds is 9. The van der Waals surface area contributed by atoms with Crippen LogP contribution in [0.1, 0.15) is 58.4 Å². The summed E-state index contributed by atoms with van der Waals surface area (Å²) in [5, 5.41) is 14.2. The van der Waals surface area contributed by atoms with Crippen LogP contribution in [-0.2, 0) is 19.4 Å². The topological polar surface area (TPSA) is 123 Å². The van der Waals surface area contributed by atoms with Gasteiger partial charge in [-0.1, -0.05) is 55.8 Å². The van der Waals surface area contributed by atoms with E-state index in [0.717, 1.165) is 35.1 Å². The van der Waals surface area contributed by atoms with Gasteiger partial charge in [0.1, 0.15) is 18.1 Å². The number of ketones is 1. The Balaban J connectivity index is 1.69. The lowest BCUT2D eigenvalue weighted by Crippen LogP contribution is -2.32. The number of Topliss-reactive ketones (excluding diaryl/α,β-unsaturated/α-hetero) is 1. The zero-order valence-electron chi connectivity index (χ0n) is 19.0. The third-order valence-electron chi connectivity index (χ3n) is 5.41. The van der Waals surface area contributed by atoms with Crippen LogP contribution in [0.15, 0.2) is 65.8 Å². The minimum atomic E-state index is -0.164. The fourth-order valence-corrected chi connectivity index (χ4v) is 3.70. The van der Waals surface area contributed by atoms with Crippen molar-refractivity contribution < 1.29 is 14.6 Å². The summed E-state index contributed by atoms with van der Waals surface area (Å²) in [6.07, 6.45) is 2.22. The summed E-state index contributed by atoms with van der Waals surface area (Å²) in [4.78, 5) is 11.7. The fraction of sp³-hybridized carbons (Fsp3) is 0.231. The number of aromatic hydroxyl groups is 1. The van der Waals surface area contributed by atoms with Gasteiger partial charge in [0.25, 0.3) is 0 Å². The first-order valence-corrected chi connectivity index (χ1v) is 10.9. The lowest BCUT2D eigenvalue weighted by atomic mass is 10.0. The third-order valence-corrected chi connectivity index (χ3v) is 5.41. The summed E-state index contributed by atoms with van der Waals surface area (Å²) in [5.41, 5.74) is 7.59. The average Bonchev–Trinajstić information content (AvgIpc) is 2.81. The van der Waals surface area contributed by atoms with Crippen molar-refractivity contribution in [2.75, 3.05) is 0 Å². The number of phenols is 1. The number of benzene rings is 3. The average molecular weight is 447 g/mol. The molecule has 0 aliphatic rings. The number of amidine groups is 1. The number of nitrogens with zero attached hydrogens (tertiary/aromatic N) is 1. The molecule has 0 bridgehead atoms. The summed E-state index contributed by atoms with van der Waals surface area (Å²) < 4.78 is 6.00. The van der Waals surface area contributed by atoms with Crippen molar-refractivity contribution in [2.45, 2.75) is 39.7 Å². The van der Waals surface area contributed by atoms with Crippen molar-refractivity contribution in [1.29, 1.82) is 0 Å². The first kappa shape index (κ1) is 23.8. The number of carbonyl (C=O) groups excluding carboxylic acids is 1.